The molecule has 5 heteroatoms. The van der Waals surface area contributed by atoms with Gasteiger partial charge >= 0.3 is 0 Å². The number of carbonyl (C=O) groups excluding carboxylic acids is 1. The molecule has 0 bridgehead atoms. The number of hydrogen-bond donors (Lipinski definition) is 1. The Morgan fingerprint density at radius 1 is 1.21 bits per heavy atom. The fourth-order valence-electron chi connectivity index (χ4n) is 2.39. The fourth-order valence-corrected chi connectivity index (χ4v) is 2.39. The van der Waals surface area contributed by atoms with E-state index in [1.54, 1.807) is 0 Å². The van der Waals surface area contributed by atoms with Crippen LogP contribution in [0.15, 0.2) is 28.8 Å². The molecule has 5 nitrogen and oxygen atoms in total. The highest BCUT2D eigenvalue weighted by atomic mass is 16.5. The van der Waals surface area contributed by atoms with E-state index in [2.05, 4.69) is 34.5 Å². The largest absolute Gasteiger partial charge is 0.356 e. The topological polar surface area (TPSA) is 68.0 Å². The summed E-state index contributed by atoms with van der Waals surface area (Å²) in [6.07, 6.45) is 2.91. The van der Waals surface area contributed by atoms with Crippen molar-refractivity contribution in [3.63, 3.8) is 0 Å². The van der Waals surface area contributed by atoms with E-state index >= 15 is 0 Å². The van der Waals surface area contributed by atoms with Crippen LogP contribution in [0.2, 0.25) is 0 Å². The molecule has 0 aliphatic heterocycles. The molecule has 0 saturated heterocycles. The van der Waals surface area contributed by atoms with Gasteiger partial charge in [0.25, 0.3) is 0 Å². The zero-order valence-corrected chi connectivity index (χ0v) is 15.1. The number of carbonyl (C=O) groups is 1. The number of aryl methyl sites for hydroxylation is 2. The van der Waals surface area contributed by atoms with E-state index in [-0.39, 0.29) is 11.3 Å². The summed E-state index contributed by atoms with van der Waals surface area (Å²) in [6.45, 7) is 8.72. The second-order valence-electron chi connectivity index (χ2n) is 7.15. The van der Waals surface area contributed by atoms with Gasteiger partial charge in [0.1, 0.15) is 0 Å². The minimum atomic E-state index is -0.149. The molecule has 130 valence electrons. The van der Waals surface area contributed by atoms with Gasteiger partial charge in [-0.25, -0.2) is 0 Å². The minimum absolute atomic E-state index is 0.0723. The van der Waals surface area contributed by atoms with Gasteiger partial charge in [0, 0.05) is 24.8 Å². The van der Waals surface area contributed by atoms with Crippen LogP contribution in [-0.4, -0.2) is 22.6 Å². The van der Waals surface area contributed by atoms with Crippen LogP contribution in [0.5, 0.6) is 0 Å². The molecular weight excluding hydrogens is 302 g/mol. The summed E-state index contributed by atoms with van der Waals surface area (Å²) in [6, 6.07) is 8.30. The number of hydrogen-bond acceptors (Lipinski definition) is 4. The lowest BCUT2D eigenvalue weighted by Crippen LogP contribution is -2.25. The predicted octanol–water partition coefficient (Wildman–Crippen LogP) is 3.36. The average molecular weight is 329 g/mol. The predicted molar refractivity (Wildman–Crippen MR) is 93.8 cm³/mol. The van der Waals surface area contributed by atoms with Crippen molar-refractivity contribution in [2.24, 2.45) is 0 Å². The molecule has 1 aromatic carbocycles. The summed E-state index contributed by atoms with van der Waals surface area (Å²) in [5, 5.41) is 6.87. The molecule has 1 amide bonds. The van der Waals surface area contributed by atoms with Gasteiger partial charge < -0.3 is 9.84 Å². The molecule has 1 heterocycles. The third kappa shape index (κ3) is 5.48. The standard InChI is InChI=1S/C19H27N3O2/c1-14-8-5-6-9-15(14)10-7-11-17(23)20-13-12-16-21-18(24-22-16)19(2,3)4/h5-6,8-9H,7,10-13H2,1-4H3,(H,20,23). The molecular formula is C19H27N3O2. The van der Waals surface area contributed by atoms with E-state index in [1.165, 1.54) is 11.1 Å². The molecule has 0 aliphatic carbocycles. The van der Waals surface area contributed by atoms with Crippen LogP contribution in [0.1, 0.15) is 56.5 Å². The molecule has 0 spiro atoms. The first kappa shape index (κ1) is 18.2. The van der Waals surface area contributed by atoms with Crippen LogP contribution in [0.4, 0.5) is 0 Å². The number of nitrogens with one attached hydrogen (secondary N) is 1. The van der Waals surface area contributed by atoms with Crippen LogP contribution < -0.4 is 5.32 Å². The second kappa shape index (κ2) is 8.08. The Kier molecular flexibility index (Phi) is 6.12. The molecule has 0 fully saturated rings. The van der Waals surface area contributed by atoms with Gasteiger partial charge in [-0.2, -0.15) is 4.98 Å². The van der Waals surface area contributed by atoms with Crippen LogP contribution >= 0.6 is 0 Å². The summed E-state index contributed by atoms with van der Waals surface area (Å²) in [7, 11) is 0. The highest BCUT2D eigenvalue weighted by Gasteiger charge is 2.21. The Labute approximate surface area is 143 Å². The van der Waals surface area contributed by atoms with Crippen molar-refractivity contribution < 1.29 is 9.32 Å². The first-order chi connectivity index (χ1) is 11.4. The van der Waals surface area contributed by atoms with Gasteiger partial charge in [0.2, 0.25) is 11.8 Å². The normalized spacial score (nSPS) is 11.5. The van der Waals surface area contributed by atoms with Crippen molar-refractivity contribution in [2.45, 2.75) is 58.8 Å². The van der Waals surface area contributed by atoms with E-state index in [0.29, 0.717) is 31.1 Å². The minimum Gasteiger partial charge on any atom is -0.356 e. The monoisotopic (exact) mass is 329 g/mol. The number of rotatable bonds is 7. The average Bonchev–Trinajstić information content (AvgIpc) is 2.98. The van der Waals surface area contributed by atoms with Gasteiger partial charge in [-0.15, -0.1) is 0 Å². The number of aromatic nitrogens is 2. The summed E-state index contributed by atoms with van der Waals surface area (Å²) in [4.78, 5) is 16.3. The first-order valence-corrected chi connectivity index (χ1v) is 8.50. The first-order valence-electron chi connectivity index (χ1n) is 8.50. The molecule has 1 N–H and O–H groups in total. The molecule has 0 unspecified atom stereocenters. The molecule has 0 radical (unpaired) electrons. The van der Waals surface area contributed by atoms with Gasteiger partial charge in [0.05, 0.1) is 0 Å². The van der Waals surface area contributed by atoms with Crippen LogP contribution in [0.25, 0.3) is 0 Å². The van der Waals surface area contributed by atoms with Crippen molar-refractivity contribution in [1.82, 2.24) is 15.5 Å². The summed E-state index contributed by atoms with van der Waals surface area (Å²) in [5.41, 5.74) is 2.45. The van der Waals surface area contributed by atoms with E-state index in [1.807, 2.05) is 32.9 Å². The molecule has 0 saturated carbocycles. The molecule has 2 aromatic rings. The highest BCUT2D eigenvalue weighted by molar-refractivity contribution is 5.75. The zero-order valence-electron chi connectivity index (χ0n) is 15.1. The summed E-state index contributed by atoms with van der Waals surface area (Å²) < 4.78 is 5.24. The molecule has 0 aliphatic rings. The van der Waals surface area contributed by atoms with Crippen molar-refractivity contribution in [2.75, 3.05) is 6.54 Å². The summed E-state index contributed by atoms with van der Waals surface area (Å²) in [5.74, 6) is 1.34. The Morgan fingerprint density at radius 3 is 2.62 bits per heavy atom. The maximum absolute atomic E-state index is 11.9. The van der Waals surface area contributed by atoms with Gasteiger partial charge in [-0.05, 0) is 30.9 Å². The van der Waals surface area contributed by atoms with Gasteiger partial charge in [-0.3, -0.25) is 4.79 Å². The SMILES string of the molecule is Cc1ccccc1CCCC(=O)NCCc1noc(C(C)(C)C)n1. The number of nitrogens with zero attached hydrogens (tertiary/aromatic N) is 2. The maximum Gasteiger partial charge on any atom is 0.232 e. The maximum atomic E-state index is 11.9. The van der Waals surface area contributed by atoms with E-state index < -0.39 is 0 Å². The van der Waals surface area contributed by atoms with Crippen molar-refractivity contribution in [3.05, 3.63) is 47.1 Å². The Balaban J connectivity index is 1.66. The van der Waals surface area contributed by atoms with E-state index in [9.17, 15) is 4.79 Å². The van der Waals surface area contributed by atoms with Crippen molar-refractivity contribution in [3.8, 4) is 0 Å². The van der Waals surface area contributed by atoms with Crippen LogP contribution in [0, 0.1) is 6.92 Å². The zero-order chi connectivity index (χ0) is 17.6. The van der Waals surface area contributed by atoms with Gasteiger partial charge in [-0.1, -0.05) is 50.2 Å². The molecule has 24 heavy (non-hydrogen) atoms. The lowest BCUT2D eigenvalue weighted by atomic mass is 9.97. The Bertz CT molecular complexity index is 671. The lowest BCUT2D eigenvalue weighted by Gasteiger charge is -2.10. The third-order valence-electron chi connectivity index (χ3n) is 3.89. The van der Waals surface area contributed by atoms with Crippen LogP contribution in [0.3, 0.4) is 0 Å². The summed E-state index contributed by atoms with van der Waals surface area (Å²) >= 11 is 0. The number of amides is 1. The quantitative estimate of drug-likeness (QED) is 0.846. The molecule has 2 rings (SSSR count). The lowest BCUT2D eigenvalue weighted by molar-refractivity contribution is -0.121. The smallest absolute Gasteiger partial charge is 0.232 e. The third-order valence-corrected chi connectivity index (χ3v) is 3.89. The second-order valence-corrected chi connectivity index (χ2v) is 7.15. The molecule has 0 atom stereocenters. The molecule has 1 aromatic heterocycles. The van der Waals surface area contributed by atoms with Crippen molar-refractivity contribution >= 4 is 5.91 Å². The Morgan fingerprint density at radius 2 is 1.96 bits per heavy atom. The van der Waals surface area contributed by atoms with Crippen LogP contribution in [-0.2, 0) is 23.1 Å². The Hall–Kier alpha value is -2.17. The van der Waals surface area contributed by atoms with Gasteiger partial charge in [0.15, 0.2) is 5.82 Å². The van der Waals surface area contributed by atoms with Crippen molar-refractivity contribution in [1.29, 1.82) is 0 Å². The highest BCUT2D eigenvalue weighted by Crippen LogP contribution is 2.19. The fraction of sp³-hybridized carbons (Fsp3) is 0.526. The number of benzene rings is 1. The van der Waals surface area contributed by atoms with E-state index in [4.69, 9.17) is 4.52 Å². The van der Waals surface area contributed by atoms with E-state index in [0.717, 1.165) is 12.8 Å².